The molecule has 2 rings (SSSR count). The van der Waals surface area contributed by atoms with E-state index in [1.807, 2.05) is 0 Å². The highest BCUT2D eigenvalue weighted by Crippen LogP contribution is 2.43. The van der Waals surface area contributed by atoms with E-state index in [1.165, 1.54) is 19.1 Å². The van der Waals surface area contributed by atoms with Gasteiger partial charge in [-0.1, -0.05) is 6.07 Å². The van der Waals surface area contributed by atoms with Crippen molar-refractivity contribution in [2.45, 2.75) is 13.2 Å². The predicted octanol–water partition coefficient (Wildman–Crippen LogP) is 2.46. The van der Waals surface area contributed by atoms with Gasteiger partial charge in [0.1, 0.15) is 0 Å². The Hall–Kier alpha value is -1.39. The molecule has 5 heteroatoms. The summed E-state index contributed by atoms with van der Waals surface area (Å²) in [6.45, 7) is 1.45. The van der Waals surface area contributed by atoms with E-state index in [9.17, 15) is 13.2 Å². The van der Waals surface area contributed by atoms with Gasteiger partial charge in [-0.25, -0.2) is 4.39 Å². The minimum absolute atomic E-state index is 0.236. The van der Waals surface area contributed by atoms with Crippen molar-refractivity contribution in [3.8, 4) is 11.5 Å². The standard InChI is InChI=1S/C8H5F3O2/c1-4-2-3-5-7(6(4)9)13-8(10,11)12-5/h2-3H,1H3. The number of alkyl halides is 2. The van der Waals surface area contributed by atoms with Gasteiger partial charge in [0.25, 0.3) is 0 Å². The van der Waals surface area contributed by atoms with E-state index < -0.39 is 17.9 Å². The van der Waals surface area contributed by atoms with Crippen LogP contribution < -0.4 is 9.47 Å². The van der Waals surface area contributed by atoms with Crippen molar-refractivity contribution in [1.29, 1.82) is 0 Å². The van der Waals surface area contributed by atoms with Crippen LogP contribution in [-0.2, 0) is 0 Å². The molecule has 0 amide bonds. The first-order valence-corrected chi connectivity index (χ1v) is 3.54. The molecule has 13 heavy (non-hydrogen) atoms. The third-order valence-corrected chi connectivity index (χ3v) is 1.70. The number of aryl methyl sites for hydroxylation is 1. The van der Waals surface area contributed by atoms with Gasteiger partial charge in [0.15, 0.2) is 11.6 Å². The number of halogens is 3. The van der Waals surface area contributed by atoms with Crippen LogP contribution >= 0.6 is 0 Å². The van der Waals surface area contributed by atoms with Crippen LogP contribution in [-0.4, -0.2) is 6.29 Å². The molecule has 1 aromatic carbocycles. The predicted molar refractivity (Wildman–Crippen MR) is 37.3 cm³/mol. The average molecular weight is 190 g/mol. The highest BCUT2D eigenvalue weighted by atomic mass is 19.3. The largest absolute Gasteiger partial charge is 0.586 e. The van der Waals surface area contributed by atoms with Gasteiger partial charge in [0.05, 0.1) is 0 Å². The molecule has 1 aliphatic heterocycles. The smallest absolute Gasteiger partial charge is 0.395 e. The van der Waals surface area contributed by atoms with Gasteiger partial charge in [0.2, 0.25) is 5.75 Å². The zero-order valence-electron chi connectivity index (χ0n) is 6.61. The van der Waals surface area contributed by atoms with Gasteiger partial charge in [-0.3, -0.25) is 0 Å². The van der Waals surface area contributed by atoms with Crippen LogP contribution in [0.25, 0.3) is 0 Å². The van der Waals surface area contributed by atoms with Crippen molar-refractivity contribution < 1.29 is 22.6 Å². The fraction of sp³-hybridized carbons (Fsp3) is 0.250. The molecule has 0 saturated carbocycles. The number of ether oxygens (including phenoxy) is 2. The van der Waals surface area contributed by atoms with Crippen LogP contribution in [0.3, 0.4) is 0 Å². The van der Waals surface area contributed by atoms with Gasteiger partial charge in [-0.05, 0) is 18.6 Å². The van der Waals surface area contributed by atoms with Crippen LogP contribution in [0, 0.1) is 12.7 Å². The van der Waals surface area contributed by atoms with E-state index in [1.54, 1.807) is 0 Å². The lowest BCUT2D eigenvalue weighted by molar-refractivity contribution is -0.287. The highest BCUT2D eigenvalue weighted by molar-refractivity contribution is 5.46. The Kier molecular flexibility index (Phi) is 1.46. The first-order chi connectivity index (χ1) is 5.99. The summed E-state index contributed by atoms with van der Waals surface area (Å²) in [6.07, 6.45) is -3.75. The van der Waals surface area contributed by atoms with E-state index >= 15 is 0 Å². The molecule has 0 aromatic heterocycles. The van der Waals surface area contributed by atoms with Gasteiger partial charge in [-0.2, -0.15) is 0 Å². The number of rotatable bonds is 0. The van der Waals surface area contributed by atoms with Gasteiger partial charge >= 0.3 is 6.29 Å². The SMILES string of the molecule is Cc1ccc2c(c1F)OC(F)(F)O2. The van der Waals surface area contributed by atoms with Crippen molar-refractivity contribution in [1.82, 2.24) is 0 Å². The quantitative estimate of drug-likeness (QED) is 0.625. The monoisotopic (exact) mass is 190 g/mol. The summed E-state index contributed by atoms with van der Waals surface area (Å²) in [5.74, 6) is -1.60. The molecule has 0 N–H and O–H groups in total. The molecule has 0 unspecified atom stereocenters. The summed E-state index contributed by atoms with van der Waals surface area (Å²) in [5.41, 5.74) is 0.236. The first kappa shape index (κ1) is 8.22. The lowest BCUT2D eigenvalue weighted by Gasteiger charge is -2.04. The summed E-state index contributed by atoms with van der Waals surface area (Å²) >= 11 is 0. The number of fused-ring (bicyclic) bond motifs is 1. The van der Waals surface area contributed by atoms with Gasteiger partial charge in [-0.15, -0.1) is 8.78 Å². The summed E-state index contributed by atoms with van der Waals surface area (Å²) in [5, 5.41) is 0. The normalized spacial score (nSPS) is 17.5. The molecule has 1 aliphatic rings. The average Bonchev–Trinajstić information content (AvgIpc) is 2.34. The maximum absolute atomic E-state index is 13.1. The Labute approximate surface area is 71.9 Å². The number of hydrogen-bond donors (Lipinski definition) is 0. The molecular formula is C8H5F3O2. The van der Waals surface area contributed by atoms with E-state index in [4.69, 9.17) is 0 Å². The van der Waals surface area contributed by atoms with Crippen LogP contribution in [0.5, 0.6) is 11.5 Å². The Morgan fingerprint density at radius 2 is 1.92 bits per heavy atom. The lowest BCUT2D eigenvalue weighted by Crippen LogP contribution is -2.26. The Balaban J connectivity index is 2.53. The second-order valence-electron chi connectivity index (χ2n) is 2.69. The maximum atomic E-state index is 13.1. The molecule has 0 spiro atoms. The molecule has 0 fully saturated rings. The van der Waals surface area contributed by atoms with Crippen LogP contribution in [0.1, 0.15) is 5.56 Å². The maximum Gasteiger partial charge on any atom is 0.586 e. The molecule has 2 nitrogen and oxygen atoms in total. The minimum Gasteiger partial charge on any atom is -0.395 e. The third kappa shape index (κ3) is 1.20. The van der Waals surface area contributed by atoms with Crippen molar-refractivity contribution in [3.63, 3.8) is 0 Å². The van der Waals surface area contributed by atoms with E-state index in [0.29, 0.717) is 0 Å². The van der Waals surface area contributed by atoms with Crippen molar-refractivity contribution >= 4 is 0 Å². The second-order valence-corrected chi connectivity index (χ2v) is 2.69. The Morgan fingerprint density at radius 1 is 1.23 bits per heavy atom. The zero-order chi connectivity index (χ0) is 9.64. The van der Waals surface area contributed by atoms with Crippen LogP contribution in [0.2, 0.25) is 0 Å². The third-order valence-electron chi connectivity index (χ3n) is 1.70. The zero-order valence-corrected chi connectivity index (χ0v) is 6.61. The van der Waals surface area contributed by atoms with E-state index in [-0.39, 0.29) is 11.3 Å². The lowest BCUT2D eigenvalue weighted by atomic mass is 10.2. The summed E-state index contributed by atoms with van der Waals surface area (Å²) in [4.78, 5) is 0. The fourth-order valence-corrected chi connectivity index (χ4v) is 1.08. The van der Waals surface area contributed by atoms with Crippen LogP contribution in [0.15, 0.2) is 12.1 Å². The fourth-order valence-electron chi connectivity index (χ4n) is 1.08. The molecule has 1 aromatic rings. The molecule has 0 saturated heterocycles. The van der Waals surface area contributed by atoms with Crippen molar-refractivity contribution in [2.24, 2.45) is 0 Å². The molecule has 0 radical (unpaired) electrons. The Morgan fingerprint density at radius 3 is 2.62 bits per heavy atom. The van der Waals surface area contributed by atoms with Crippen molar-refractivity contribution in [2.75, 3.05) is 0 Å². The first-order valence-electron chi connectivity index (χ1n) is 3.54. The number of benzene rings is 1. The van der Waals surface area contributed by atoms with Crippen LogP contribution in [0.4, 0.5) is 13.2 Å². The Bertz CT molecular complexity index is 363. The van der Waals surface area contributed by atoms with Crippen molar-refractivity contribution in [3.05, 3.63) is 23.5 Å². The molecule has 70 valence electrons. The minimum atomic E-state index is -3.75. The highest BCUT2D eigenvalue weighted by Gasteiger charge is 2.45. The summed E-state index contributed by atoms with van der Waals surface area (Å²) in [7, 11) is 0. The summed E-state index contributed by atoms with van der Waals surface area (Å²) in [6, 6.07) is 2.59. The number of hydrogen-bond acceptors (Lipinski definition) is 2. The molecule has 1 heterocycles. The topological polar surface area (TPSA) is 18.5 Å². The second kappa shape index (κ2) is 2.31. The van der Waals surface area contributed by atoms with Gasteiger partial charge in [0, 0.05) is 0 Å². The van der Waals surface area contributed by atoms with Gasteiger partial charge < -0.3 is 9.47 Å². The van der Waals surface area contributed by atoms with E-state index in [0.717, 1.165) is 0 Å². The molecule has 0 aliphatic carbocycles. The molecule has 0 atom stereocenters. The van der Waals surface area contributed by atoms with E-state index in [2.05, 4.69) is 9.47 Å². The molecule has 0 bridgehead atoms. The molecular weight excluding hydrogens is 185 g/mol. The summed E-state index contributed by atoms with van der Waals surface area (Å²) < 4.78 is 46.0.